The molecule has 0 fully saturated rings. The van der Waals surface area contributed by atoms with Gasteiger partial charge in [0.25, 0.3) is 0 Å². The molecule has 33 heavy (non-hydrogen) atoms. The van der Waals surface area contributed by atoms with Gasteiger partial charge in [0.1, 0.15) is 24.0 Å². The number of hydrogen-bond donors (Lipinski definition) is 0. The number of hydrogen-bond acceptors (Lipinski definition) is 3. The zero-order valence-corrected chi connectivity index (χ0v) is 18.9. The first-order valence-corrected chi connectivity index (χ1v) is 11.2. The molecule has 0 amide bonds. The van der Waals surface area contributed by atoms with Crippen molar-refractivity contribution in [2.45, 2.75) is 32.8 Å². The molecule has 0 bridgehead atoms. The molecule has 1 aliphatic rings. The van der Waals surface area contributed by atoms with E-state index in [9.17, 15) is 13.6 Å². The first kappa shape index (κ1) is 23.0. The fraction of sp³-hybridized carbons (Fsp3) is 0.222. The van der Waals surface area contributed by atoms with Crippen LogP contribution in [0.3, 0.4) is 0 Å². The van der Waals surface area contributed by atoms with Crippen LogP contribution in [0, 0.1) is 11.6 Å². The Labute approximate surface area is 196 Å². The molecule has 0 spiro atoms. The Morgan fingerprint density at radius 1 is 0.970 bits per heavy atom. The summed E-state index contributed by atoms with van der Waals surface area (Å²) in [5.41, 5.74) is 4.47. The van der Waals surface area contributed by atoms with Gasteiger partial charge in [-0.05, 0) is 90.9 Å². The van der Waals surface area contributed by atoms with Crippen molar-refractivity contribution in [2.75, 3.05) is 6.61 Å². The van der Waals surface area contributed by atoms with Crippen molar-refractivity contribution in [1.29, 1.82) is 0 Å². The zero-order chi connectivity index (χ0) is 23.4. The molecule has 0 saturated carbocycles. The number of allylic oxidation sites excluding steroid dienone is 2. The third-order valence-corrected chi connectivity index (χ3v) is 5.84. The predicted octanol–water partition coefficient (Wildman–Crippen LogP) is 7.47. The topological polar surface area (TPSA) is 35.5 Å². The monoisotopic (exact) mass is 468 g/mol. The molecule has 3 aromatic rings. The third-order valence-electron chi connectivity index (χ3n) is 5.60. The van der Waals surface area contributed by atoms with Crippen molar-refractivity contribution in [1.82, 2.24) is 0 Å². The summed E-state index contributed by atoms with van der Waals surface area (Å²) in [5, 5.41) is 0.573. The fourth-order valence-electron chi connectivity index (χ4n) is 4.04. The average molecular weight is 469 g/mol. The van der Waals surface area contributed by atoms with E-state index >= 15 is 0 Å². The van der Waals surface area contributed by atoms with Gasteiger partial charge in [0.05, 0.1) is 12.2 Å². The van der Waals surface area contributed by atoms with E-state index in [4.69, 9.17) is 21.1 Å². The summed E-state index contributed by atoms with van der Waals surface area (Å²) in [7, 11) is 0. The minimum absolute atomic E-state index is 0.0769. The first-order valence-electron chi connectivity index (χ1n) is 10.8. The molecule has 0 atom stereocenters. The van der Waals surface area contributed by atoms with Crippen LogP contribution in [0.1, 0.15) is 53.2 Å². The smallest absolute Gasteiger partial charge is 0.341 e. The van der Waals surface area contributed by atoms with Crippen molar-refractivity contribution in [2.24, 2.45) is 0 Å². The third kappa shape index (κ3) is 5.25. The highest BCUT2D eigenvalue weighted by Gasteiger charge is 2.23. The lowest BCUT2D eigenvalue weighted by atomic mass is 9.95. The highest BCUT2D eigenvalue weighted by Crippen LogP contribution is 2.44. The number of rotatable bonds is 7. The Bertz CT molecular complexity index is 1200. The van der Waals surface area contributed by atoms with Crippen LogP contribution in [0.25, 0.3) is 11.1 Å². The van der Waals surface area contributed by atoms with Crippen LogP contribution in [-0.4, -0.2) is 12.6 Å². The molecule has 3 aromatic carbocycles. The minimum Gasteiger partial charge on any atom is -0.488 e. The van der Waals surface area contributed by atoms with Crippen LogP contribution in [-0.2, 0) is 11.3 Å². The van der Waals surface area contributed by atoms with E-state index < -0.39 is 11.8 Å². The van der Waals surface area contributed by atoms with Gasteiger partial charge in [0, 0.05) is 10.6 Å². The van der Waals surface area contributed by atoms with E-state index in [2.05, 4.69) is 0 Å². The van der Waals surface area contributed by atoms with Gasteiger partial charge in [-0.25, -0.2) is 13.6 Å². The zero-order valence-electron chi connectivity index (χ0n) is 18.2. The predicted molar refractivity (Wildman–Crippen MR) is 125 cm³/mol. The van der Waals surface area contributed by atoms with Crippen molar-refractivity contribution >= 4 is 28.7 Å². The van der Waals surface area contributed by atoms with Crippen molar-refractivity contribution in [3.8, 4) is 5.75 Å². The molecule has 0 aliphatic heterocycles. The van der Waals surface area contributed by atoms with Crippen LogP contribution < -0.4 is 4.74 Å². The first-order chi connectivity index (χ1) is 16.0. The number of halogens is 3. The molecule has 0 saturated heterocycles. The van der Waals surface area contributed by atoms with Gasteiger partial charge in [-0.3, -0.25) is 0 Å². The number of benzene rings is 3. The molecule has 6 heteroatoms. The van der Waals surface area contributed by atoms with E-state index in [1.807, 2.05) is 12.1 Å². The molecular formula is C27H23ClF2O3. The number of carbonyl (C=O) groups is 1. The van der Waals surface area contributed by atoms with Crippen LogP contribution in [0.5, 0.6) is 5.75 Å². The van der Waals surface area contributed by atoms with Crippen LogP contribution in [0.2, 0.25) is 5.02 Å². The molecule has 170 valence electrons. The van der Waals surface area contributed by atoms with E-state index in [0.717, 1.165) is 47.1 Å². The highest BCUT2D eigenvalue weighted by atomic mass is 35.5. The van der Waals surface area contributed by atoms with Crippen LogP contribution in [0.15, 0.2) is 60.7 Å². The van der Waals surface area contributed by atoms with Gasteiger partial charge in [0.15, 0.2) is 0 Å². The maximum atomic E-state index is 14.3. The average Bonchev–Trinajstić information content (AvgIpc) is 3.29. The number of esters is 1. The molecular weight excluding hydrogens is 446 g/mol. The quantitative estimate of drug-likeness (QED) is 0.337. The Morgan fingerprint density at radius 2 is 1.73 bits per heavy atom. The summed E-state index contributed by atoms with van der Waals surface area (Å²) in [6, 6.07) is 16.1. The highest BCUT2D eigenvalue weighted by molar-refractivity contribution is 6.30. The van der Waals surface area contributed by atoms with Gasteiger partial charge < -0.3 is 9.47 Å². The summed E-state index contributed by atoms with van der Waals surface area (Å²) < 4.78 is 38.6. The summed E-state index contributed by atoms with van der Waals surface area (Å²) in [4.78, 5) is 12.2. The molecule has 0 aromatic heterocycles. The Hall–Kier alpha value is -3.18. The second-order valence-electron chi connectivity index (χ2n) is 7.78. The summed E-state index contributed by atoms with van der Waals surface area (Å²) in [5.74, 6) is -0.925. The number of carbonyl (C=O) groups excluding carboxylic acids is 1. The van der Waals surface area contributed by atoms with Crippen LogP contribution in [0.4, 0.5) is 8.78 Å². The second-order valence-corrected chi connectivity index (χ2v) is 8.22. The Kier molecular flexibility index (Phi) is 7.09. The molecule has 0 unspecified atom stereocenters. The molecule has 0 N–H and O–H groups in total. The Balaban J connectivity index is 1.70. The van der Waals surface area contributed by atoms with Crippen molar-refractivity contribution in [3.05, 3.63) is 99.6 Å². The molecule has 1 aliphatic carbocycles. The van der Waals surface area contributed by atoms with Gasteiger partial charge in [0.2, 0.25) is 0 Å². The maximum absolute atomic E-state index is 14.3. The molecule has 0 heterocycles. The van der Waals surface area contributed by atoms with E-state index in [0.29, 0.717) is 10.8 Å². The summed E-state index contributed by atoms with van der Waals surface area (Å²) in [6.07, 6.45) is 2.50. The lowest BCUT2D eigenvalue weighted by Crippen LogP contribution is -2.07. The SMILES string of the molecule is CCOC(=O)c1cc(C2=C(c3cc(Cl)ccc3OCc3ccc(F)cc3)CCC2)ccc1F. The second kappa shape index (κ2) is 10.2. The largest absolute Gasteiger partial charge is 0.488 e. The van der Waals surface area contributed by atoms with Gasteiger partial charge in [-0.15, -0.1) is 0 Å². The van der Waals surface area contributed by atoms with E-state index in [1.165, 1.54) is 18.2 Å². The lowest BCUT2D eigenvalue weighted by Gasteiger charge is -2.16. The minimum atomic E-state index is -0.678. The standard InChI is InChI=1S/C27H23ClF2O3/c1-2-32-27(31)24-14-18(8-12-25(24)30)21-4-3-5-22(21)23-15-19(28)9-13-26(23)33-16-17-6-10-20(29)11-7-17/h6-15H,2-5,16H2,1H3. The molecule has 0 radical (unpaired) electrons. The Morgan fingerprint density at radius 3 is 2.48 bits per heavy atom. The maximum Gasteiger partial charge on any atom is 0.341 e. The fourth-order valence-corrected chi connectivity index (χ4v) is 4.22. The normalized spacial score (nSPS) is 13.3. The van der Waals surface area contributed by atoms with Gasteiger partial charge >= 0.3 is 5.97 Å². The van der Waals surface area contributed by atoms with Crippen molar-refractivity contribution in [3.63, 3.8) is 0 Å². The van der Waals surface area contributed by atoms with E-state index in [-0.39, 0.29) is 24.6 Å². The lowest BCUT2D eigenvalue weighted by molar-refractivity contribution is 0.0521. The number of ether oxygens (including phenoxy) is 2. The van der Waals surface area contributed by atoms with Gasteiger partial charge in [-0.1, -0.05) is 29.8 Å². The molecule has 4 rings (SSSR count). The van der Waals surface area contributed by atoms with Crippen molar-refractivity contribution < 1.29 is 23.0 Å². The van der Waals surface area contributed by atoms with Gasteiger partial charge in [-0.2, -0.15) is 0 Å². The van der Waals surface area contributed by atoms with E-state index in [1.54, 1.807) is 37.3 Å². The summed E-state index contributed by atoms with van der Waals surface area (Å²) >= 11 is 6.32. The van der Waals surface area contributed by atoms with Crippen LogP contribution >= 0.6 is 11.6 Å². The molecule has 3 nitrogen and oxygen atoms in total. The summed E-state index contributed by atoms with van der Waals surface area (Å²) in [6.45, 7) is 2.14.